The number of nitrogens with zero attached hydrogens (tertiary/aromatic N) is 3. The zero-order chi connectivity index (χ0) is 14.7. The first-order valence-electron chi connectivity index (χ1n) is 6.61. The molecule has 7 heteroatoms. The Bertz CT molecular complexity index is 623. The molecule has 1 aromatic carbocycles. The Balaban J connectivity index is 1.48. The van der Waals surface area contributed by atoms with E-state index < -0.39 is 0 Å². The summed E-state index contributed by atoms with van der Waals surface area (Å²) in [4.78, 5) is 25.6. The number of fused-ring (bicyclic) bond motifs is 1. The molecule has 0 radical (unpaired) electrons. The number of unbranched alkanes of at least 4 members (excludes halogenated alkanes) is 1. The van der Waals surface area contributed by atoms with Gasteiger partial charge in [-0.2, -0.15) is 0 Å². The van der Waals surface area contributed by atoms with Crippen molar-refractivity contribution in [3.05, 3.63) is 40.9 Å². The second kappa shape index (κ2) is 6.36. The lowest BCUT2D eigenvalue weighted by Gasteiger charge is -2.13. The summed E-state index contributed by atoms with van der Waals surface area (Å²) in [6, 6.07) is 6.99. The van der Waals surface area contributed by atoms with Crippen LogP contribution >= 0.6 is 23.1 Å². The summed E-state index contributed by atoms with van der Waals surface area (Å²) >= 11 is 3.18. The van der Waals surface area contributed by atoms with Crippen LogP contribution in [0.5, 0.6) is 0 Å². The van der Waals surface area contributed by atoms with Gasteiger partial charge < -0.3 is 0 Å². The van der Waals surface area contributed by atoms with Crippen molar-refractivity contribution in [1.29, 1.82) is 0 Å². The highest BCUT2D eigenvalue weighted by molar-refractivity contribution is 8.00. The van der Waals surface area contributed by atoms with E-state index >= 15 is 0 Å². The Hall–Kier alpha value is -1.73. The standard InChI is InChI=1S/C14H13N3O2S2/c18-12-10-5-1-2-6-11(10)13(19)17(12)7-3-4-8-20-14-16-15-9-21-14/h1-2,5-6,9H,3-4,7-8H2. The monoisotopic (exact) mass is 319 g/mol. The van der Waals surface area contributed by atoms with Crippen molar-refractivity contribution in [1.82, 2.24) is 15.1 Å². The Morgan fingerprint density at radius 2 is 1.81 bits per heavy atom. The van der Waals surface area contributed by atoms with Crippen LogP contribution < -0.4 is 0 Å². The van der Waals surface area contributed by atoms with Gasteiger partial charge in [0.2, 0.25) is 0 Å². The van der Waals surface area contributed by atoms with Gasteiger partial charge in [0.15, 0.2) is 4.34 Å². The van der Waals surface area contributed by atoms with Crippen LogP contribution in [0.15, 0.2) is 34.1 Å². The minimum atomic E-state index is -0.174. The van der Waals surface area contributed by atoms with Crippen LogP contribution in [0, 0.1) is 0 Å². The number of carbonyl (C=O) groups is 2. The lowest BCUT2D eigenvalue weighted by atomic mass is 10.1. The molecule has 5 nitrogen and oxygen atoms in total. The first kappa shape index (κ1) is 14.2. The van der Waals surface area contributed by atoms with Gasteiger partial charge in [-0.1, -0.05) is 35.2 Å². The van der Waals surface area contributed by atoms with Crippen molar-refractivity contribution >= 4 is 34.9 Å². The topological polar surface area (TPSA) is 63.2 Å². The zero-order valence-corrected chi connectivity index (χ0v) is 12.8. The summed E-state index contributed by atoms with van der Waals surface area (Å²) in [6.45, 7) is 0.475. The quantitative estimate of drug-likeness (QED) is 0.465. The number of rotatable bonds is 6. The zero-order valence-electron chi connectivity index (χ0n) is 11.2. The number of hydrogen-bond donors (Lipinski definition) is 0. The van der Waals surface area contributed by atoms with E-state index in [1.165, 1.54) is 16.2 Å². The fourth-order valence-corrected chi connectivity index (χ4v) is 3.76. The number of imide groups is 1. The predicted octanol–water partition coefficient (Wildman–Crippen LogP) is 2.71. The molecular formula is C14H13N3O2S2. The van der Waals surface area contributed by atoms with E-state index in [4.69, 9.17) is 0 Å². The maximum Gasteiger partial charge on any atom is 0.261 e. The molecule has 2 aromatic rings. The molecule has 108 valence electrons. The lowest BCUT2D eigenvalue weighted by molar-refractivity contribution is 0.0652. The number of benzene rings is 1. The van der Waals surface area contributed by atoms with Gasteiger partial charge in [0.05, 0.1) is 11.1 Å². The molecule has 0 unspecified atom stereocenters. The van der Waals surface area contributed by atoms with E-state index in [2.05, 4.69) is 10.2 Å². The SMILES string of the molecule is O=C1c2ccccc2C(=O)N1CCCCSc1nncs1. The maximum absolute atomic E-state index is 12.1. The highest BCUT2D eigenvalue weighted by atomic mass is 32.2. The molecule has 1 aromatic heterocycles. The molecule has 0 fully saturated rings. The second-order valence-corrected chi connectivity index (χ2v) is 6.74. The van der Waals surface area contributed by atoms with Crippen molar-refractivity contribution in [3.8, 4) is 0 Å². The number of carbonyl (C=O) groups excluding carboxylic acids is 2. The molecule has 0 saturated heterocycles. The number of aromatic nitrogens is 2. The molecule has 0 atom stereocenters. The van der Waals surface area contributed by atoms with E-state index in [1.807, 2.05) is 0 Å². The number of thioether (sulfide) groups is 1. The molecule has 1 aliphatic heterocycles. The normalized spacial score (nSPS) is 13.8. The average Bonchev–Trinajstić information content (AvgIpc) is 3.10. The van der Waals surface area contributed by atoms with Gasteiger partial charge in [-0.05, 0) is 25.0 Å². The van der Waals surface area contributed by atoms with Gasteiger partial charge in [-0.15, -0.1) is 10.2 Å². The largest absolute Gasteiger partial charge is 0.274 e. The minimum absolute atomic E-state index is 0.174. The minimum Gasteiger partial charge on any atom is -0.274 e. The van der Waals surface area contributed by atoms with Crippen LogP contribution in [0.3, 0.4) is 0 Å². The van der Waals surface area contributed by atoms with E-state index in [1.54, 1.807) is 41.5 Å². The summed E-state index contributed by atoms with van der Waals surface area (Å²) in [6.07, 6.45) is 1.73. The predicted molar refractivity (Wildman–Crippen MR) is 81.7 cm³/mol. The van der Waals surface area contributed by atoms with Crippen LogP contribution in [-0.2, 0) is 0 Å². The highest BCUT2D eigenvalue weighted by Gasteiger charge is 2.34. The summed E-state index contributed by atoms with van der Waals surface area (Å²) in [5.74, 6) is 0.568. The molecule has 2 amide bonds. The summed E-state index contributed by atoms with van der Waals surface area (Å²) in [5, 5.41) is 7.73. The lowest BCUT2D eigenvalue weighted by Crippen LogP contribution is -2.30. The van der Waals surface area contributed by atoms with Gasteiger partial charge >= 0.3 is 0 Å². The smallest absolute Gasteiger partial charge is 0.261 e. The Kier molecular flexibility index (Phi) is 4.31. The molecule has 0 spiro atoms. The second-order valence-electron chi connectivity index (χ2n) is 4.57. The van der Waals surface area contributed by atoms with Crippen molar-refractivity contribution in [2.45, 2.75) is 17.2 Å². The Morgan fingerprint density at radius 3 is 2.43 bits per heavy atom. The first-order chi connectivity index (χ1) is 10.3. The van der Waals surface area contributed by atoms with Gasteiger partial charge in [-0.25, -0.2) is 0 Å². The van der Waals surface area contributed by atoms with Crippen molar-refractivity contribution in [2.75, 3.05) is 12.3 Å². The van der Waals surface area contributed by atoms with Gasteiger partial charge in [0, 0.05) is 12.3 Å². The van der Waals surface area contributed by atoms with Crippen LogP contribution in [0.25, 0.3) is 0 Å². The third kappa shape index (κ3) is 2.98. The van der Waals surface area contributed by atoms with Crippen molar-refractivity contribution in [2.24, 2.45) is 0 Å². The fourth-order valence-electron chi connectivity index (χ4n) is 2.20. The van der Waals surface area contributed by atoms with E-state index in [-0.39, 0.29) is 11.8 Å². The molecule has 0 saturated carbocycles. The summed E-state index contributed by atoms with van der Waals surface area (Å²) in [7, 11) is 0. The molecule has 21 heavy (non-hydrogen) atoms. The molecule has 2 heterocycles. The van der Waals surface area contributed by atoms with Crippen LogP contribution in [-0.4, -0.2) is 39.2 Å². The van der Waals surface area contributed by atoms with Crippen molar-refractivity contribution < 1.29 is 9.59 Å². The summed E-state index contributed by atoms with van der Waals surface area (Å²) in [5.41, 5.74) is 2.75. The number of amides is 2. The van der Waals surface area contributed by atoms with E-state index in [0.29, 0.717) is 17.7 Å². The third-order valence-corrected chi connectivity index (χ3v) is 5.17. The van der Waals surface area contributed by atoms with Crippen LogP contribution in [0.4, 0.5) is 0 Å². The molecule has 3 rings (SSSR count). The van der Waals surface area contributed by atoms with Gasteiger partial charge in [0.1, 0.15) is 5.51 Å². The van der Waals surface area contributed by atoms with Gasteiger partial charge in [-0.3, -0.25) is 14.5 Å². The van der Waals surface area contributed by atoms with Crippen molar-refractivity contribution in [3.63, 3.8) is 0 Å². The Morgan fingerprint density at radius 1 is 1.10 bits per heavy atom. The third-order valence-electron chi connectivity index (χ3n) is 3.22. The molecule has 0 aliphatic carbocycles. The molecule has 0 N–H and O–H groups in total. The van der Waals surface area contributed by atoms with E-state index in [0.717, 1.165) is 22.9 Å². The van der Waals surface area contributed by atoms with Crippen LogP contribution in [0.2, 0.25) is 0 Å². The molecular weight excluding hydrogens is 306 g/mol. The van der Waals surface area contributed by atoms with Gasteiger partial charge in [0.25, 0.3) is 11.8 Å². The number of hydrogen-bond acceptors (Lipinski definition) is 6. The maximum atomic E-state index is 12.1. The summed E-state index contributed by atoms with van der Waals surface area (Å²) < 4.78 is 0.954. The van der Waals surface area contributed by atoms with Crippen LogP contribution in [0.1, 0.15) is 33.6 Å². The molecule has 0 bridgehead atoms. The fraction of sp³-hybridized carbons (Fsp3) is 0.286. The molecule has 1 aliphatic rings. The Labute approximate surface area is 130 Å². The first-order valence-corrected chi connectivity index (χ1v) is 8.48. The highest BCUT2D eigenvalue weighted by Crippen LogP contribution is 2.24. The average molecular weight is 319 g/mol. The van der Waals surface area contributed by atoms with E-state index in [9.17, 15) is 9.59 Å².